The molecule has 3 N–H and O–H groups in total. The van der Waals surface area contributed by atoms with Crippen molar-refractivity contribution in [2.24, 2.45) is 5.92 Å². The molecule has 1 saturated heterocycles. The molecule has 2 aromatic carbocycles. The molecule has 27 heavy (non-hydrogen) atoms. The number of urea groups is 1. The predicted octanol–water partition coefficient (Wildman–Crippen LogP) is 2.83. The molecule has 0 aliphatic carbocycles. The van der Waals surface area contributed by atoms with Crippen molar-refractivity contribution in [3.8, 4) is 11.5 Å². The van der Waals surface area contributed by atoms with Crippen molar-refractivity contribution in [1.29, 1.82) is 0 Å². The molecule has 0 unspecified atom stereocenters. The Morgan fingerprint density at radius 2 is 1.67 bits per heavy atom. The van der Waals surface area contributed by atoms with E-state index in [1.807, 2.05) is 24.3 Å². The highest BCUT2D eigenvalue weighted by Crippen LogP contribution is 2.36. The van der Waals surface area contributed by atoms with Gasteiger partial charge in [0, 0.05) is 11.3 Å². The quantitative estimate of drug-likeness (QED) is 0.758. The minimum Gasteiger partial charge on any atom is -0.496 e. The van der Waals surface area contributed by atoms with Crippen LogP contribution in [0, 0.1) is 5.92 Å². The van der Waals surface area contributed by atoms with Gasteiger partial charge in [-0.25, -0.2) is 4.79 Å². The van der Waals surface area contributed by atoms with E-state index in [0.717, 1.165) is 0 Å². The van der Waals surface area contributed by atoms with E-state index in [2.05, 4.69) is 22.5 Å². The molecule has 0 aromatic heterocycles. The molecule has 0 saturated carbocycles. The topological polar surface area (TPSA) is 88.7 Å². The predicted molar refractivity (Wildman–Crippen MR) is 102 cm³/mol. The molecule has 0 radical (unpaired) electrons. The summed E-state index contributed by atoms with van der Waals surface area (Å²) in [6.45, 7) is 3.88. The van der Waals surface area contributed by atoms with E-state index >= 15 is 0 Å². The van der Waals surface area contributed by atoms with E-state index in [9.17, 15) is 9.59 Å². The van der Waals surface area contributed by atoms with Crippen molar-refractivity contribution in [3.05, 3.63) is 66.4 Å². The Morgan fingerprint density at radius 3 is 2.37 bits per heavy atom. The summed E-state index contributed by atoms with van der Waals surface area (Å²) in [6, 6.07) is 13.3. The van der Waals surface area contributed by atoms with Gasteiger partial charge < -0.3 is 25.4 Å². The summed E-state index contributed by atoms with van der Waals surface area (Å²) in [4.78, 5) is 25.1. The van der Waals surface area contributed by atoms with Gasteiger partial charge in [0.15, 0.2) is 0 Å². The smallest absolute Gasteiger partial charge is 0.319 e. The molecule has 1 fully saturated rings. The second-order valence-corrected chi connectivity index (χ2v) is 6.01. The van der Waals surface area contributed by atoms with Crippen LogP contribution in [0.2, 0.25) is 0 Å². The van der Waals surface area contributed by atoms with Crippen LogP contribution in [0.25, 0.3) is 0 Å². The normalized spacial score (nSPS) is 18.9. The summed E-state index contributed by atoms with van der Waals surface area (Å²) in [7, 11) is 3.07. The highest BCUT2D eigenvalue weighted by atomic mass is 16.5. The number of anilines is 1. The zero-order valence-electron chi connectivity index (χ0n) is 15.1. The number of hydrogen-bond donors (Lipinski definition) is 3. The minimum atomic E-state index is -0.746. The lowest BCUT2D eigenvalue weighted by Gasteiger charge is -2.34. The van der Waals surface area contributed by atoms with Gasteiger partial charge in [-0.3, -0.25) is 4.79 Å². The number of carbonyl (C=O) groups is 2. The molecule has 0 bridgehead atoms. The first kappa shape index (κ1) is 18.3. The number of nitrogens with one attached hydrogen (secondary N) is 3. The average Bonchev–Trinajstić information content (AvgIpc) is 2.67. The van der Waals surface area contributed by atoms with Crippen LogP contribution in [0.15, 0.2) is 60.8 Å². The minimum absolute atomic E-state index is 0.307. The number of methoxy groups -OCH3 is 2. The second-order valence-electron chi connectivity index (χ2n) is 6.01. The van der Waals surface area contributed by atoms with Gasteiger partial charge in [0.05, 0.1) is 25.9 Å². The van der Waals surface area contributed by atoms with Gasteiger partial charge in [-0.1, -0.05) is 36.9 Å². The maximum Gasteiger partial charge on any atom is 0.319 e. The third-order valence-corrected chi connectivity index (χ3v) is 4.39. The van der Waals surface area contributed by atoms with Gasteiger partial charge in [0.2, 0.25) is 5.91 Å². The first-order chi connectivity index (χ1) is 13.0. The Bertz CT molecular complexity index is 881. The first-order valence-electron chi connectivity index (χ1n) is 8.38. The van der Waals surface area contributed by atoms with Crippen LogP contribution in [0.4, 0.5) is 10.5 Å². The monoisotopic (exact) mass is 367 g/mol. The molecule has 1 aliphatic heterocycles. The molecule has 2 aromatic rings. The van der Waals surface area contributed by atoms with E-state index < -0.39 is 18.0 Å². The number of amides is 3. The van der Waals surface area contributed by atoms with Crippen LogP contribution in [-0.2, 0) is 4.79 Å². The number of ether oxygens (including phenoxy) is 2. The molecule has 1 aliphatic rings. The molecule has 140 valence electrons. The highest BCUT2D eigenvalue weighted by molar-refractivity contribution is 5.98. The maximum atomic E-state index is 13.1. The molecule has 0 spiro atoms. The SMILES string of the molecule is C=C1NC(=O)N[C@H](c2ccccc2OC)[C@H]1C(=O)Nc1ccccc1OC. The third-order valence-electron chi connectivity index (χ3n) is 4.39. The van der Waals surface area contributed by atoms with Crippen molar-refractivity contribution < 1.29 is 19.1 Å². The molecular weight excluding hydrogens is 346 g/mol. The summed E-state index contributed by atoms with van der Waals surface area (Å²) in [6.07, 6.45) is 0. The van der Waals surface area contributed by atoms with Crippen LogP contribution in [-0.4, -0.2) is 26.2 Å². The van der Waals surface area contributed by atoms with Gasteiger partial charge in [-0.15, -0.1) is 0 Å². The zero-order chi connectivity index (χ0) is 19.4. The van der Waals surface area contributed by atoms with Crippen LogP contribution in [0.3, 0.4) is 0 Å². The summed E-state index contributed by atoms with van der Waals surface area (Å²) >= 11 is 0. The van der Waals surface area contributed by atoms with Crippen molar-refractivity contribution in [2.75, 3.05) is 19.5 Å². The number of hydrogen-bond acceptors (Lipinski definition) is 4. The second kappa shape index (κ2) is 7.82. The van der Waals surface area contributed by atoms with E-state index in [1.54, 1.807) is 31.4 Å². The number of rotatable bonds is 5. The van der Waals surface area contributed by atoms with Gasteiger partial charge >= 0.3 is 6.03 Å². The van der Waals surface area contributed by atoms with Crippen molar-refractivity contribution >= 4 is 17.6 Å². The molecule has 3 amide bonds. The van der Waals surface area contributed by atoms with Gasteiger partial charge in [0.25, 0.3) is 0 Å². The molecule has 7 heteroatoms. The molecule has 3 rings (SSSR count). The Hall–Kier alpha value is -3.48. The fourth-order valence-corrected chi connectivity index (χ4v) is 3.13. The lowest BCUT2D eigenvalue weighted by molar-refractivity contribution is -0.119. The van der Waals surface area contributed by atoms with Crippen molar-refractivity contribution in [3.63, 3.8) is 0 Å². The zero-order valence-corrected chi connectivity index (χ0v) is 15.1. The summed E-state index contributed by atoms with van der Waals surface area (Å²) in [5.74, 6) is 0.0440. The Balaban J connectivity index is 1.95. The third kappa shape index (κ3) is 3.72. The first-order valence-corrected chi connectivity index (χ1v) is 8.38. The van der Waals surface area contributed by atoms with Crippen molar-refractivity contribution in [1.82, 2.24) is 10.6 Å². The lowest BCUT2D eigenvalue weighted by atomic mass is 9.87. The standard InChI is InChI=1S/C20H21N3O4/c1-12-17(19(24)22-14-9-5-7-11-16(14)27-3)18(23-20(25)21-12)13-8-4-6-10-15(13)26-2/h4-11,17-18H,1H2,2-3H3,(H,22,24)(H2,21,23,25)/t17-,18+/m0/s1. The van der Waals surface area contributed by atoms with Gasteiger partial charge in [-0.05, 0) is 18.2 Å². The number of benzene rings is 2. The molecule has 1 heterocycles. The maximum absolute atomic E-state index is 13.1. The lowest BCUT2D eigenvalue weighted by Crippen LogP contribution is -2.51. The highest BCUT2D eigenvalue weighted by Gasteiger charge is 2.39. The van der Waals surface area contributed by atoms with E-state index in [1.165, 1.54) is 7.11 Å². The van der Waals surface area contributed by atoms with Crippen molar-refractivity contribution in [2.45, 2.75) is 6.04 Å². The largest absolute Gasteiger partial charge is 0.496 e. The van der Waals surface area contributed by atoms with E-state index in [0.29, 0.717) is 28.4 Å². The summed E-state index contributed by atoms with van der Waals surface area (Å²) in [5, 5.41) is 8.24. The number of carbonyl (C=O) groups excluding carboxylic acids is 2. The van der Waals surface area contributed by atoms with Gasteiger partial charge in [-0.2, -0.15) is 0 Å². The number of para-hydroxylation sites is 3. The Kier molecular flexibility index (Phi) is 5.30. The Morgan fingerprint density at radius 1 is 1.04 bits per heavy atom. The average molecular weight is 367 g/mol. The fourth-order valence-electron chi connectivity index (χ4n) is 3.13. The summed E-state index contributed by atoms with van der Waals surface area (Å²) in [5.41, 5.74) is 1.53. The van der Waals surface area contributed by atoms with Gasteiger partial charge in [0.1, 0.15) is 17.4 Å². The van der Waals surface area contributed by atoms with Crippen LogP contribution < -0.4 is 25.4 Å². The van der Waals surface area contributed by atoms with Crippen LogP contribution in [0.1, 0.15) is 11.6 Å². The van der Waals surface area contributed by atoms with E-state index in [-0.39, 0.29) is 5.91 Å². The van der Waals surface area contributed by atoms with E-state index in [4.69, 9.17) is 9.47 Å². The van der Waals surface area contributed by atoms with Crippen LogP contribution >= 0.6 is 0 Å². The molecule has 7 nitrogen and oxygen atoms in total. The Labute approximate surface area is 157 Å². The summed E-state index contributed by atoms with van der Waals surface area (Å²) < 4.78 is 10.7. The van der Waals surface area contributed by atoms with Crippen LogP contribution in [0.5, 0.6) is 11.5 Å². The fraction of sp³-hybridized carbons (Fsp3) is 0.200. The molecule has 2 atom stereocenters. The molecular formula is C20H21N3O4.